The molecule has 7 heteroatoms. The Morgan fingerprint density at radius 1 is 1.09 bits per heavy atom. The van der Waals surface area contributed by atoms with Gasteiger partial charge in [0.05, 0.1) is 11.3 Å². The second-order valence-electron chi connectivity index (χ2n) is 4.66. The molecular weight excluding hydrogens is 293 g/mol. The predicted molar refractivity (Wildman–Crippen MR) is 77.8 cm³/mol. The molecule has 0 aliphatic carbocycles. The van der Waals surface area contributed by atoms with Gasteiger partial charge in [-0.2, -0.15) is 13.2 Å². The Labute approximate surface area is 123 Å². The first-order chi connectivity index (χ1) is 10.4. The fourth-order valence-corrected chi connectivity index (χ4v) is 1.99. The van der Waals surface area contributed by atoms with Gasteiger partial charge in [-0.1, -0.05) is 36.4 Å². The zero-order valence-corrected chi connectivity index (χ0v) is 11.2. The number of hydrogen-bond donors (Lipinski definition) is 1. The number of pyridine rings is 1. The number of nitrogens with two attached hydrogens (primary N) is 1. The predicted octanol–water partition coefficient (Wildman–Crippen LogP) is 3.50. The quantitative estimate of drug-likeness (QED) is 0.788. The van der Waals surface area contributed by atoms with Crippen molar-refractivity contribution in [1.29, 1.82) is 0 Å². The van der Waals surface area contributed by atoms with Gasteiger partial charge in [0.1, 0.15) is 0 Å². The van der Waals surface area contributed by atoms with Crippen molar-refractivity contribution >= 4 is 23.5 Å². The number of hydrogen-bond acceptors (Lipinski definition) is 3. The van der Waals surface area contributed by atoms with E-state index in [9.17, 15) is 13.2 Å². The van der Waals surface area contributed by atoms with E-state index >= 15 is 0 Å². The van der Waals surface area contributed by atoms with Crippen LogP contribution in [0.3, 0.4) is 0 Å². The highest BCUT2D eigenvalue weighted by molar-refractivity contribution is 5.70. The maximum Gasteiger partial charge on any atom is 0.417 e. The summed E-state index contributed by atoms with van der Waals surface area (Å²) in [6.45, 7) is 0. The van der Waals surface area contributed by atoms with Crippen molar-refractivity contribution in [3.63, 3.8) is 0 Å². The first-order valence-electron chi connectivity index (χ1n) is 6.40. The molecule has 0 bridgehead atoms. The molecule has 1 aromatic carbocycles. The van der Waals surface area contributed by atoms with Gasteiger partial charge in [-0.3, -0.25) is 0 Å². The number of aromatic nitrogens is 3. The SMILES string of the molecule is Nc1cc(C(F)(F)F)cn2nc(/C=C/c3ccccc3)nc12. The van der Waals surface area contributed by atoms with E-state index in [2.05, 4.69) is 10.1 Å². The summed E-state index contributed by atoms with van der Waals surface area (Å²) in [5, 5.41) is 4.00. The number of nitrogens with zero attached hydrogens (tertiary/aromatic N) is 3. The molecular formula is C15H11F3N4. The van der Waals surface area contributed by atoms with Crippen molar-refractivity contribution in [2.45, 2.75) is 6.18 Å². The summed E-state index contributed by atoms with van der Waals surface area (Å²) < 4.78 is 39.3. The second-order valence-corrected chi connectivity index (χ2v) is 4.66. The van der Waals surface area contributed by atoms with Crippen LogP contribution < -0.4 is 5.73 Å². The topological polar surface area (TPSA) is 56.2 Å². The molecule has 112 valence electrons. The highest BCUT2D eigenvalue weighted by Crippen LogP contribution is 2.31. The van der Waals surface area contributed by atoms with Crippen LogP contribution in [0.4, 0.5) is 18.9 Å². The fraction of sp³-hybridized carbons (Fsp3) is 0.0667. The van der Waals surface area contributed by atoms with E-state index in [4.69, 9.17) is 5.73 Å². The molecule has 2 aromatic heterocycles. The van der Waals surface area contributed by atoms with Crippen LogP contribution in [0.1, 0.15) is 17.0 Å². The molecule has 0 atom stereocenters. The van der Waals surface area contributed by atoms with Gasteiger partial charge >= 0.3 is 6.18 Å². The minimum atomic E-state index is -4.48. The second kappa shape index (κ2) is 5.18. The van der Waals surface area contributed by atoms with Gasteiger partial charge in [0.15, 0.2) is 11.5 Å². The molecule has 0 radical (unpaired) electrons. The van der Waals surface area contributed by atoms with E-state index in [1.165, 1.54) is 0 Å². The van der Waals surface area contributed by atoms with Crippen LogP contribution in [0.15, 0.2) is 42.6 Å². The molecule has 0 unspecified atom stereocenters. The largest absolute Gasteiger partial charge is 0.417 e. The van der Waals surface area contributed by atoms with E-state index in [-0.39, 0.29) is 17.2 Å². The molecule has 2 heterocycles. The summed E-state index contributed by atoms with van der Waals surface area (Å²) >= 11 is 0. The summed E-state index contributed by atoms with van der Waals surface area (Å²) in [5.41, 5.74) is 5.83. The van der Waals surface area contributed by atoms with Crippen LogP contribution in [-0.4, -0.2) is 14.6 Å². The first-order valence-corrected chi connectivity index (χ1v) is 6.40. The minimum Gasteiger partial charge on any atom is -0.396 e. The Morgan fingerprint density at radius 3 is 2.50 bits per heavy atom. The lowest BCUT2D eigenvalue weighted by molar-refractivity contribution is -0.137. The summed E-state index contributed by atoms with van der Waals surface area (Å²) in [6, 6.07) is 10.3. The lowest BCUT2D eigenvalue weighted by Crippen LogP contribution is -2.08. The molecule has 3 rings (SSSR count). The van der Waals surface area contributed by atoms with Crippen molar-refractivity contribution in [3.8, 4) is 0 Å². The van der Waals surface area contributed by atoms with E-state index in [0.29, 0.717) is 0 Å². The Morgan fingerprint density at radius 2 is 1.82 bits per heavy atom. The van der Waals surface area contributed by atoms with Gasteiger partial charge in [-0.05, 0) is 17.7 Å². The van der Waals surface area contributed by atoms with Crippen LogP contribution >= 0.6 is 0 Å². The number of halogens is 3. The van der Waals surface area contributed by atoms with Gasteiger partial charge in [0, 0.05) is 6.20 Å². The van der Waals surface area contributed by atoms with E-state index in [1.807, 2.05) is 30.3 Å². The molecule has 0 saturated heterocycles. The summed E-state index contributed by atoms with van der Waals surface area (Å²) in [5.74, 6) is 0.287. The molecule has 2 N–H and O–H groups in total. The van der Waals surface area contributed by atoms with Crippen LogP contribution in [0.2, 0.25) is 0 Å². The van der Waals surface area contributed by atoms with E-state index in [0.717, 1.165) is 22.3 Å². The van der Waals surface area contributed by atoms with Crippen molar-refractivity contribution in [3.05, 3.63) is 59.5 Å². The lowest BCUT2D eigenvalue weighted by Gasteiger charge is -2.07. The molecule has 0 aliphatic heterocycles. The van der Waals surface area contributed by atoms with Crippen LogP contribution in [0.25, 0.3) is 17.8 Å². The zero-order chi connectivity index (χ0) is 15.7. The van der Waals surface area contributed by atoms with Gasteiger partial charge in [-0.25, -0.2) is 9.50 Å². The van der Waals surface area contributed by atoms with Crippen molar-refractivity contribution in [1.82, 2.24) is 14.6 Å². The van der Waals surface area contributed by atoms with Gasteiger partial charge in [0.25, 0.3) is 0 Å². The Balaban J connectivity index is 2.00. The maximum absolute atomic E-state index is 12.7. The molecule has 22 heavy (non-hydrogen) atoms. The number of nitrogen functional groups attached to an aromatic ring is 1. The maximum atomic E-state index is 12.7. The number of benzene rings is 1. The van der Waals surface area contributed by atoms with Gasteiger partial charge in [0.2, 0.25) is 0 Å². The first kappa shape index (κ1) is 14.1. The molecule has 0 fully saturated rings. The number of rotatable bonds is 2. The third kappa shape index (κ3) is 2.78. The minimum absolute atomic E-state index is 0.0679. The summed E-state index contributed by atoms with van der Waals surface area (Å²) in [7, 11) is 0. The van der Waals surface area contributed by atoms with Crippen molar-refractivity contribution in [2.75, 3.05) is 5.73 Å². The van der Waals surface area contributed by atoms with Crippen LogP contribution in [0.5, 0.6) is 0 Å². The number of fused-ring (bicyclic) bond motifs is 1. The average Bonchev–Trinajstić information content (AvgIpc) is 2.89. The summed E-state index contributed by atoms with van der Waals surface area (Å²) in [4.78, 5) is 4.12. The van der Waals surface area contributed by atoms with Crippen molar-refractivity contribution < 1.29 is 13.2 Å². The fourth-order valence-electron chi connectivity index (χ4n) is 1.99. The van der Waals surface area contributed by atoms with Crippen LogP contribution in [0, 0.1) is 0 Å². The number of alkyl halides is 3. The molecule has 0 aliphatic rings. The van der Waals surface area contributed by atoms with E-state index < -0.39 is 11.7 Å². The van der Waals surface area contributed by atoms with Gasteiger partial charge in [-0.15, -0.1) is 5.10 Å². The molecule has 4 nitrogen and oxygen atoms in total. The molecule has 0 amide bonds. The van der Waals surface area contributed by atoms with Crippen LogP contribution in [-0.2, 0) is 6.18 Å². The summed E-state index contributed by atoms with van der Waals surface area (Å²) in [6.07, 6.45) is -0.211. The van der Waals surface area contributed by atoms with Crippen molar-refractivity contribution in [2.24, 2.45) is 0 Å². The normalized spacial score (nSPS) is 12.3. The third-order valence-electron chi connectivity index (χ3n) is 3.03. The average molecular weight is 304 g/mol. The highest BCUT2D eigenvalue weighted by Gasteiger charge is 2.32. The smallest absolute Gasteiger partial charge is 0.396 e. The Kier molecular flexibility index (Phi) is 3.32. The zero-order valence-electron chi connectivity index (χ0n) is 11.2. The Hall–Kier alpha value is -2.83. The van der Waals surface area contributed by atoms with Gasteiger partial charge < -0.3 is 5.73 Å². The standard InChI is InChI=1S/C15H11F3N4/c16-15(17,18)11-8-12(19)14-20-13(21-22(14)9-11)7-6-10-4-2-1-3-5-10/h1-9H,19H2/b7-6+. The molecule has 3 aromatic rings. The number of anilines is 1. The Bertz CT molecular complexity index is 835. The highest BCUT2D eigenvalue weighted by atomic mass is 19.4. The third-order valence-corrected chi connectivity index (χ3v) is 3.03. The molecule has 0 spiro atoms. The monoisotopic (exact) mass is 304 g/mol. The lowest BCUT2D eigenvalue weighted by atomic mass is 10.2. The van der Waals surface area contributed by atoms with E-state index in [1.54, 1.807) is 12.2 Å². The molecule has 0 saturated carbocycles.